The Morgan fingerprint density at radius 3 is 2.36 bits per heavy atom. The SMILES string of the molecule is CC(=O)N(CC(=O)NC(C)C)c1ccc(Cl)cc1C(F)(F)F. The Bertz CT molecular complexity index is 574. The van der Waals surface area contributed by atoms with Crippen molar-refractivity contribution in [3.63, 3.8) is 0 Å². The van der Waals surface area contributed by atoms with Gasteiger partial charge in [0, 0.05) is 18.0 Å². The van der Waals surface area contributed by atoms with Gasteiger partial charge in [0.15, 0.2) is 0 Å². The number of nitrogens with one attached hydrogen (secondary N) is 1. The summed E-state index contributed by atoms with van der Waals surface area (Å²) in [7, 11) is 0. The summed E-state index contributed by atoms with van der Waals surface area (Å²) in [5, 5.41) is 2.42. The van der Waals surface area contributed by atoms with Crippen molar-refractivity contribution in [3.05, 3.63) is 28.8 Å². The standard InChI is InChI=1S/C14H16ClF3N2O2/c1-8(2)19-13(22)7-20(9(3)21)12-5-4-10(15)6-11(12)14(16,17)18/h4-6,8H,7H2,1-3H3,(H,19,22). The van der Waals surface area contributed by atoms with Gasteiger partial charge in [-0.2, -0.15) is 13.2 Å². The number of amides is 2. The van der Waals surface area contributed by atoms with E-state index < -0.39 is 35.8 Å². The van der Waals surface area contributed by atoms with Crippen molar-refractivity contribution in [1.29, 1.82) is 0 Å². The van der Waals surface area contributed by atoms with E-state index in [4.69, 9.17) is 11.6 Å². The lowest BCUT2D eigenvalue weighted by molar-refractivity contribution is -0.137. The van der Waals surface area contributed by atoms with Crippen LogP contribution in [0.1, 0.15) is 26.3 Å². The lowest BCUT2D eigenvalue weighted by Crippen LogP contribution is -2.42. The maximum absolute atomic E-state index is 13.1. The van der Waals surface area contributed by atoms with Crippen LogP contribution in [-0.4, -0.2) is 24.4 Å². The molecule has 0 spiro atoms. The number of anilines is 1. The molecule has 122 valence electrons. The molecule has 1 rings (SSSR count). The molecule has 0 aliphatic carbocycles. The van der Waals surface area contributed by atoms with Gasteiger partial charge in [-0.25, -0.2) is 0 Å². The number of alkyl halides is 3. The second-order valence-corrected chi connectivity index (χ2v) is 5.42. The molecule has 1 N–H and O–H groups in total. The van der Waals surface area contributed by atoms with E-state index in [1.54, 1.807) is 13.8 Å². The van der Waals surface area contributed by atoms with Crippen molar-refractivity contribution in [2.24, 2.45) is 0 Å². The molecule has 22 heavy (non-hydrogen) atoms. The maximum atomic E-state index is 13.1. The van der Waals surface area contributed by atoms with Gasteiger partial charge >= 0.3 is 6.18 Å². The summed E-state index contributed by atoms with van der Waals surface area (Å²) >= 11 is 5.60. The van der Waals surface area contributed by atoms with Crippen molar-refractivity contribution < 1.29 is 22.8 Å². The van der Waals surface area contributed by atoms with Crippen molar-refractivity contribution in [2.45, 2.75) is 33.0 Å². The van der Waals surface area contributed by atoms with Gasteiger partial charge in [0.05, 0.1) is 11.3 Å². The maximum Gasteiger partial charge on any atom is 0.418 e. The molecule has 0 atom stereocenters. The number of rotatable bonds is 4. The third kappa shape index (κ3) is 4.91. The zero-order valence-corrected chi connectivity index (χ0v) is 13.0. The van der Waals surface area contributed by atoms with Crippen LogP contribution in [0.25, 0.3) is 0 Å². The highest BCUT2D eigenvalue weighted by atomic mass is 35.5. The lowest BCUT2D eigenvalue weighted by atomic mass is 10.1. The number of carbonyl (C=O) groups excluding carboxylic acids is 2. The Kier molecular flexibility index (Phi) is 5.82. The summed E-state index contributed by atoms with van der Waals surface area (Å²) in [5.74, 6) is -1.22. The first-order chi connectivity index (χ1) is 10.0. The van der Waals surface area contributed by atoms with Crippen molar-refractivity contribution >= 4 is 29.1 Å². The first kappa shape index (κ1) is 18.3. The minimum atomic E-state index is -4.69. The molecule has 1 aromatic carbocycles. The summed E-state index contributed by atoms with van der Waals surface area (Å²) in [4.78, 5) is 24.2. The summed E-state index contributed by atoms with van der Waals surface area (Å²) in [6, 6.07) is 2.86. The highest BCUT2D eigenvalue weighted by Gasteiger charge is 2.36. The summed E-state index contributed by atoms with van der Waals surface area (Å²) in [6.07, 6.45) is -4.69. The van der Waals surface area contributed by atoms with E-state index in [1.807, 2.05) is 0 Å². The summed E-state index contributed by atoms with van der Waals surface area (Å²) in [6.45, 7) is 4.01. The number of nitrogens with zero attached hydrogens (tertiary/aromatic N) is 1. The molecule has 0 unspecified atom stereocenters. The van der Waals surface area contributed by atoms with Gasteiger partial charge in [0.2, 0.25) is 11.8 Å². The predicted molar refractivity (Wildman–Crippen MR) is 77.8 cm³/mol. The van der Waals surface area contributed by atoms with Crippen LogP contribution >= 0.6 is 11.6 Å². The number of halogens is 4. The zero-order valence-electron chi connectivity index (χ0n) is 12.3. The van der Waals surface area contributed by atoms with Gasteiger partial charge in [-0.05, 0) is 32.0 Å². The zero-order chi connectivity index (χ0) is 17.1. The minimum Gasteiger partial charge on any atom is -0.352 e. The van der Waals surface area contributed by atoms with E-state index in [1.165, 1.54) is 6.07 Å². The molecule has 0 radical (unpaired) electrons. The van der Waals surface area contributed by atoms with Crippen LogP contribution in [0.5, 0.6) is 0 Å². The quantitative estimate of drug-likeness (QED) is 0.917. The van der Waals surface area contributed by atoms with E-state index in [0.717, 1.165) is 24.0 Å². The molecule has 8 heteroatoms. The molecule has 0 aromatic heterocycles. The molecule has 4 nitrogen and oxygen atoms in total. The third-order valence-electron chi connectivity index (χ3n) is 2.69. The van der Waals surface area contributed by atoms with E-state index in [0.29, 0.717) is 0 Å². The normalized spacial score (nSPS) is 11.5. The van der Waals surface area contributed by atoms with Gasteiger partial charge in [0.25, 0.3) is 0 Å². The average molecular weight is 337 g/mol. The molecule has 0 saturated carbocycles. The summed E-state index contributed by atoms with van der Waals surface area (Å²) in [5.41, 5.74) is -1.46. The molecular formula is C14H16ClF3N2O2. The van der Waals surface area contributed by atoms with Crippen molar-refractivity contribution in [2.75, 3.05) is 11.4 Å². The number of hydrogen-bond donors (Lipinski definition) is 1. The molecule has 1 aromatic rings. The monoisotopic (exact) mass is 336 g/mol. The van der Waals surface area contributed by atoms with E-state index in [9.17, 15) is 22.8 Å². The van der Waals surface area contributed by atoms with Crippen LogP contribution in [0.15, 0.2) is 18.2 Å². The third-order valence-corrected chi connectivity index (χ3v) is 2.92. The van der Waals surface area contributed by atoms with Gasteiger partial charge < -0.3 is 10.2 Å². The van der Waals surface area contributed by atoms with Crippen LogP contribution in [-0.2, 0) is 15.8 Å². The highest BCUT2D eigenvalue weighted by molar-refractivity contribution is 6.30. The second kappa shape index (κ2) is 7.00. The second-order valence-electron chi connectivity index (χ2n) is 4.99. The van der Waals surface area contributed by atoms with E-state index in [2.05, 4.69) is 5.32 Å². The molecule has 0 bridgehead atoms. The van der Waals surface area contributed by atoms with E-state index >= 15 is 0 Å². The minimum absolute atomic E-state index is 0.105. The fraction of sp³-hybridized carbons (Fsp3) is 0.429. The average Bonchev–Trinajstić information content (AvgIpc) is 2.34. The fourth-order valence-corrected chi connectivity index (χ4v) is 2.02. The van der Waals surface area contributed by atoms with Crippen molar-refractivity contribution in [1.82, 2.24) is 5.32 Å². The first-order valence-corrected chi connectivity index (χ1v) is 6.84. The van der Waals surface area contributed by atoms with Crippen LogP contribution in [0, 0.1) is 0 Å². The van der Waals surface area contributed by atoms with Crippen LogP contribution < -0.4 is 10.2 Å². The number of carbonyl (C=O) groups is 2. The highest BCUT2D eigenvalue weighted by Crippen LogP contribution is 2.38. The van der Waals surface area contributed by atoms with Crippen LogP contribution in [0.4, 0.5) is 18.9 Å². The molecule has 0 aliphatic rings. The Morgan fingerprint density at radius 2 is 1.91 bits per heavy atom. The Labute approximate surface area is 131 Å². The molecule has 0 aliphatic heterocycles. The van der Waals surface area contributed by atoms with Crippen LogP contribution in [0.2, 0.25) is 5.02 Å². The molecule has 0 fully saturated rings. The van der Waals surface area contributed by atoms with Gasteiger partial charge in [-0.15, -0.1) is 0 Å². The van der Waals surface area contributed by atoms with Gasteiger partial charge in [-0.1, -0.05) is 11.6 Å². The molecular weight excluding hydrogens is 321 g/mol. The molecule has 0 heterocycles. The Morgan fingerprint density at radius 1 is 1.32 bits per heavy atom. The molecule has 2 amide bonds. The largest absolute Gasteiger partial charge is 0.418 e. The van der Waals surface area contributed by atoms with Crippen LogP contribution in [0.3, 0.4) is 0 Å². The summed E-state index contributed by atoms with van der Waals surface area (Å²) < 4.78 is 39.3. The molecule has 0 saturated heterocycles. The number of benzene rings is 1. The topological polar surface area (TPSA) is 49.4 Å². The van der Waals surface area contributed by atoms with Gasteiger partial charge in [0.1, 0.15) is 6.54 Å². The lowest BCUT2D eigenvalue weighted by Gasteiger charge is -2.25. The Balaban J connectivity index is 3.22. The van der Waals surface area contributed by atoms with Gasteiger partial charge in [-0.3, -0.25) is 9.59 Å². The first-order valence-electron chi connectivity index (χ1n) is 6.46. The van der Waals surface area contributed by atoms with Crippen molar-refractivity contribution in [3.8, 4) is 0 Å². The Hall–Kier alpha value is -1.76. The fourth-order valence-electron chi connectivity index (χ4n) is 1.85. The number of hydrogen-bond acceptors (Lipinski definition) is 2. The van der Waals surface area contributed by atoms with E-state index in [-0.39, 0.29) is 11.1 Å². The predicted octanol–water partition coefficient (Wildman–Crippen LogP) is 3.24. The smallest absolute Gasteiger partial charge is 0.352 e.